The lowest BCUT2D eigenvalue weighted by molar-refractivity contribution is 0.513. The lowest BCUT2D eigenvalue weighted by atomic mass is 10.0. The van der Waals surface area contributed by atoms with Crippen LogP contribution in [0.3, 0.4) is 0 Å². The van der Waals surface area contributed by atoms with E-state index in [9.17, 15) is 8.42 Å². The first kappa shape index (κ1) is 15.2. The van der Waals surface area contributed by atoms with Crippen molar-refractivity contribution < 1.29 is 8.42 Å². The highest BCUT2D eigenvalue weighted by atomic mass is 32.2. The molecule has 0 aromatic heterocycles. The number of rotatable bonds is 8. The van der Waals surface area contributed by atoms with Gasteiger partial charge in [-0.15, -0.1) is 0 Å². The van der Waals surface area contributed by atoms with Crippen LogP contribution in [0, 0.1) is 5.92 Å². The van der Waals surface area contributed by atoms with E-state index in [1.165, 1.54) is 19.3 Å². The minimum absolute atomic E-state index is 0.243. The van der Waals surface area contributed by atoms with Crippen molar-refractivity contribution in [1.29, 1.82) is 0 Å². The molecule has 1 atom stereocenters. The van der Waals surface area contributed by atoms with Crippen molar-refractivity contribution in [2.24, 2.45) is 5.92 Å². The molecule has 1 aromatic rings. The molecule has 0 saturated heterocycles. The van der Waals surface area contributed by atoms with E-state index in [1.54, 1.807) is 24.3 Å². The van der Waals surface area contributed by atoms with Gasteiger partial charge in [0.1, 0.15) is 0 Å². The largest absolute Gasteiger partial charge is 0.224 e. The summed E-state index contributed by atoms with van der Waals surface area (Å²) < 4.78 is 24.3. The lowest BCUT2D eigenvalue weighted by Crippen LogP contribution is -2.14. The Labute approximate surface area is 111 Å². The van der Waals surface area contributed by atoms with E-state index < -0.39 is 9.84 Å². The molecule has 0 radical (unpaired) electrons. The predicted octanol–water partition coefficient (Wildman–Crippen LogP) is 4.07. The van der Waals surface area contributed by atoms with Crippen molar-refractivity contribution >= 4 is 9.84 Å². The van der Waals surface area contributed by atoms with E-state index in [2.05, 4.69) is 6.92 Å². The molecule has 1 aromatic carbocycles. The van der Waals surface area contributed by atoms with Gasteiger partial charge in [-0.3, -0.25) is 0 Å². The van der Waals surface area contributed by atoms with Gasteiger partial charge in [-0.2, -0.15) is 0 Å². The van der Waals surface area contributed by atoms with E-state index in [4.69, 9.17) is 0 Å². The van der Waals surface area contributed by atoms with Crippen LogP contribution in [-0.2, 0) is 9.84 Å². The van der Waals surface area contributed by atoms with Crippen LogP contribution in [0.25, 0.3) is 0 Å². The van der Waals surface area contributed by atoms with Crippen molar-refractivity contribution in [3.63, 3.8) is 0 Å². The maximum atomic E-state index is 12.1. The molecule has 1 unspecified atom stereocenters. The van der Waals surface area contributed by atoms with Crippen LogP contribution >= 0.6 is 0 Å². The van der Waals surface area contributed by atoms with Crippen LogP contribution in [0.5, 0.6) is 0 Å². The van der Waals surface area contributed by atoms with Crippen LogP contribution in [0.4, 0.5) is 0 Å². The van der Waals surface area contributed by atoms with Gasteiger partial charge in [-0.05, 0) is 24.5 Å². The zero-order valence-corrected chi connectivity index (χ0v) is 12.2. The molecule has 102 valence electrons. The van der Waals surface area contributed by atoms with E-state index in [0.29, 0.717) is 4.90 Å². The van der Waals surface area contributed by atoms with Gasteiger partial charge in [0.05, 0.1) is 10.6 Å². The fourth-order valence-corrected chi connectivity index (χ4v) is 3.78. The third kappa shape index (κ3) is 5.21. The topological polar surface area (TPSA) is 34.1 Å². The fraction of sp³-hybridized carbons (Fsp3) is 0.600. The number of benzene rings is 1. The minimum atomic E-state index is -3.10. The summed E-state index contributed by atoms with van der Waals surface area (Å²) in [6, 6.07) is 8.75. The molecule has 0 bridgehead atoms. The Morgan fingerprint density at radius 2 is 1.72 bits per heavy atom. The zero-order valence-electron chi connectivity index (χ0n) is 11.4. The molecule has 0 N–H and O–H groups in total. The highest BCUT2D eigenvalue weighted by Crippen LogP contribution is 2.17. The van der Waals surface area contributed by atoms with Gasteiger partial charge in [-0.1, -0.05) is 57.7 Å². The molecular formula is C15H24O2S. The minimum Gasteiger partial charge on any atom is -0.224 e. The van der Waals surface area contributed by atoms with Gasteiger partial charge in [0, 0.05) is 0 Å². The number of hydrogen-bond donors (Lipinski definition) is 0. The molecular weight excluding hydrogens is 244 g/mol. The van der Waals surface area contributed by atoms with Crippen LogP contribution in [0.15, 0.2) is 35.2 Å². The summed E-state index contributed by atoms with van der Waals surface area (Å²) in [4.78, 5) is 0.449. The zero-order chi connectivity index (χ0) is 13.4. The molecule has 0 spiro atoms. The summed E-state index contributed by atoms with van der Waals surface area (Å²) in [5, 5.41) is 0. The SMILES string of the molecule is CCCCCCC(C)CS(=O)(=O)c1ccccc1. The summed E-state index contributed by atoms with van der Waals surface area (Å²) >= 11 is 0. The van der Waals surface area contributed by atoms with Gasteiger partial charge >= 0.3 is 0 Å². The Bertz CT molecular complexity index is 423. The van der Waals surface area contributed by atoms with Gasteiger partial charge < -0.3 is 0 Å². The molecule has 1 rings (SSSR count). The average Bonchev–Trinajstić information content (AvgIpc) is 2.35. The first-order chi connectivity index (χ1) is 8.56. The Morgan fingerprint density at radius 1 is 1.06 bits per heavy atom. The van der Waals surface area contributed by atoms with Crippen LogP contribution in [-0.4, -0.2) is 14.2 Å². The summed E-state index contributed by atoms with van der Waals surface area (Å²) in [5.74, 6) is 0.510. The molecule has 0 fully saturated rings. The number of unbranched alkanes of at least 4 members (excludes halogenated alkanes) is 3. The van der Waals surface area contributed by atoms with Crippen LogP contribution in [0.1, 0.15) is 46.0 Å². The van der Waals surface area contributed by atoms with E-state index in [1.807, 2.05) is 13.0 Å². The van der Waals surface area contributed by atoms with Gasteiger partial charge in [0.25, 0.3) is 0 Å². The van der Waals surface area contributed by atoms with Crippen molar-refractivity contribution in [2.75, 3.05) is 5.75 Å². The normalized spacial score (nSPS) is 13.4. The predicted molar refractivity (Wildman–Crippen MR) is 76.4 cm³/mol. The van der Waals surface area contributed by atoms with Crippen LogP contribution in [0.2, 0.25) is 0 Å². The maximum absolute atomic E-state index is 12.1. The maximum Gasteiger partial charge on any atom is 0.178 e. The molecule has 0 saturated carbocycles. The van der Waals surface area contributed by atoms with E-state index in [-0.39, 0.29) is 11.7 Å². The number of sulfone groups is 1. The quantitative estimate of drug-likeness (QED) is 0.666. The van der Waals surface area contributed by atoms with Crippen molar-refractivity contribution in [3.8, 4) is 0 Å². The smallest absolute Gasteiger partial charge is 0.178 e. The summed E-state index contributed by atoms with van der Waals surface area (Å²) in [6.45, 7) is 4.22. The molecule has 0 aliphatic carbocycles. The highest BCUT2D eigenvalue weighted by Gasteiger charge is 2.17. The fourth-order valence-electron chi connectivity index (χ4n) is 2.10. The van der Waals surface area contributed by atoms with E-state index >= 15 is 0 Å². The summed E-state index contributed by atoms with van der Waals surface area (Å²) in [6.07, 6.45) is 5.83. The van der Waals surface area contributed by atoms with Crippen molar-refractivity contribution in [1.82, 2.24) is 0 Å². The number of hydrogen-bond acceptors (Lipinski definition) is 2. The summed E-state index contributed by atoms with van der Waals surface area (Å²) in [5.41, 5.74) is 0. The standard InChI is InChI=1S/C15H24O2S/c1-3-4-5-7-10-14(2)13-18(16,17)15-11-8-6-9-12-15/h6,8-9,11-12,14H,3-5,7,10,13H2,1-2H3. The first-order valence-electron chi connectivity index (χ1n) is 6.84. The highest BCUT2D eigenvalue weighted by molar-refractivity contribution is 7.91. The Balaban J connectivity index is 2.46. The second-order valence-electron chi connectivity index (χ2n) is 5.05. The van der Waals surface area contributed by atoms with Crippen LogP contribution < -0.4 is 0 Å². The molecule has 0 aliphatic heterocycles. The molecule has 0 heterocycles. The monoisotopic (exact) mass is 268 g/mol. The lowest BCUT2D eigenvalue weighted by Gasteiger charge is -2.11. The first-order valence-corrected chi connectivity index (χ1v) is 8.49. The van der Waals surface area contributed by atoms with E-state index in [0.717, 1.165) is 12.8 Å². The summed E-state index contributed by atoms with van der Waals surface area (Å²) in [7, 11) is -3.10. The molecule has 0 aliphatic rings. The Kier molecular flexibility index (Phi) is 6.41. The van der Waals surface area contributed by atoms with Crippen molar-refractivity contribution in [2.45, 2.75) is 50.8 Å². The average molecular weight is 268 g/mol. The Hall–Kier alpha value is -0.830. The molecule has 18 heavy (non-hydrogen) atoms. The Morgan fingerprint density at radius 3 is 2.33 bits per heavy atom. The van der Waals surface area contributed by atoms with Gasteiger partial charge in [0.2, 0.25) is 0 Å². The molecule has 2 nitrogen and oxygen atoms in total. The molecule has 3 heteroatoms. The van der Waals surface area contributed by atoms with Gasteiger partial charge in [-0.25, -0.2) is 8.42 Å². The van der Waals surface area contributed by atoms with Gasteiger partial charge in [0.15, 0.2) is 9.84 Å². The second kappa shape index (κ2) is 7.57. The second-order valence-corrected chi connectivity index (χ2v) is 7.08. The third-order valence-corrected chi connectivity index (χ3v) is 5.15. The third-order valence-electron chi connectivity index (χ3n) is 3.16. The molecule has 0 amide bonds. The van der Waals surface area contributed by atoms with Crippen molar-refractivity contribution in [3.05, 3.63) is 30.3 Å².